The molecule has 0 atom stereocenters. The lowest BCUT2D eigenvalue weighted by Crippen LogP contribution is -2.38. The minimum absolute atomic E-state index is 0.0152. The highest BCUT2D eigenvalue weighted by Crippen LogP contribution is 2.31. The average molecular weight is 441 g/mol. The van der Waals surface area contributed by atoms with Gasteiger partial charge < -0.3 is 15.0 Å². The van der Waals surface area contributed by atoms with Crippen LogP contribution in [0.1, 0.15) is 39.3 Å². The van der Waals surface area contributed by atoms with Gasteiger partial charge >= 0.3 is 6.09 Å². The molecular formula is C21H20N4O3S2. The maximum absolute atomic E-state index is 12.6. The summed E-state index contributed by atoms with van der Waals surface area (Å²) in [6.07, 6.45) is 6.29. The summed E-state index contributed by atoms with van der Waals surface area (Å²) in [5.41, 5.74) is 1.98. The van der Waals surface area contributed by atoms with Crippen LogP contribution in [-0.4, -0.2) is 46.6 Å². The molecule has 0 radical (unpaired) electrons. The maximum atomic E-state index is 12.6. The zero-order chi connectivity index (χ0) is 21.1. The van der Waals surface area contributed by atoms with Crippen molar-refractivity contribution in [1.29, 1.82) is 0 Å². The van der Waals surface area contributed by atoms with Gasteiger partial charge in [0, 0.05) is 30.1 Å². The van der Waals surface area contributed by atoms with Crippen LogP contribution in [-0.2, 0) is 4.74 Å². The molecule has 0 spiro atoms. The third kappa shape index (κ3) is 4.45. The van der Waals surface area contributed by atoms with Crippen LogP contribution in [0.4, 0.5) is 10.5 Å². The van der Waals surface area contributed by atoms with Gasteiger partial charge in [-0.1, -0.05) is 5.92 Å². The maximum Gasteiger partial charge on any atom is 0.410 e. The summed E-state index contributed by atoms with van der Waals surface area (Å²) in [5, 5.41) is 6.60. The number of fused-ring (bicyclic) bond motifs is 1. The lowest BCUT2D eigenvalue weighted by Gasteiger charge is -2.30. The number of aromatic nitrogens is 2. The Morgan fingerprint density at radius 3 is 2.90 bits per heavy atom. The molecule has 30 heavy (non-hydrogen) atoms. The molecule has 7 nitrogen and oxygen atoms in total. The monoisotopic (exact) mass is 440 g/mol. The van der Waals surface area contributed by atoms with E-state index in [2.05, 4.69) is 21.2 Å². The first-order chi connectivity index (χ1) is 14.5. The fraction of sp³-hybridized carbons (Fsp3) is 0.333. The van der Waals surface area contributed by atoms with Gasteiger partial charge in [0.05, 0.1) is 20.2 Å². The summed E-state index contributed by atoms with van der Waals surface area (Å²) >= 11 is 3.11. The SMILES string of the molecule is C#CCOC(=O)N1CCC(c2nc(C(=O)Nc3ccc4sc(C)nc4c3)cs2)CC1. The summed E-state index contributed by atoms with van der Waals surface area (Å²) in [7, 11) is 0. The Balaban J connectivity index is 1.36. The van der Waals surface area contributed by atoms with Crippen LogP contribution in [0.25, 0.3) is 10.2 Å². The second kappa shape index (κ2) is 8.81. The fourth-order valence-corrected chi connectivity index (χ4v) is 5.18. The van der Waals surface area contributed by atoms with Gasteiger partial charge in [-0.15, -0.1) is 29.1 Å². The summed E-state index contributed by atoms with van der Waals surface area (Å²) in [4.78, 5) is 35.2. The Morgan fingerprint density at radius 1 is 1.33 bits per heavy atom. The molecular weight excluding hydrogens is 420 g/mol. The number of anilines is 1. The number of nitrogens with zero attached hydrogens (tertiary/aromatic N) is 3. The van der Waals surface area contributed by atoms with Crippen molar-refractivity contribution in [3.8, 4) is 12.3 Å². The molecule has 154 valence electrons. The Bertz CT molecular complexity index is 1120. The number of aryl methyl sites for hydroxylation is 1. The van der Waals surface area contributed by atoms with E-state index in [0.717, 1.165) is 33.1 Å². The van der Waals surface area contributed by atoms with Crippen LogP contribution in [0, 0.1) is 19.3 Å². The molecule has 0 unspecified atom stereocenters. The number of rotatable bonds is 4. The molecule has 2 aromatic heterocycles. The predicted molar refractivity (Wildman–Crippen MR) is 118 cm³/mol. The molecule has 3 aromatic rings. The first-order valence-corrected chi connectivity index (χ1v) is 11.2. The zero-order valence-corrected chi connectivity index (χ0v) is 18.0. The highest BCUT2D eigenvalue weighted by molar-refractivity contribution is 7.18. The molecule has 4 rings (SSSR count). The molecule has 1 fully saturated rings. The quantitative estimate of drug-likeness (QED) is 0.613. The number of carbonyl (C=O) groups is 2. The Labute approximate surface area is 182 Å². The highest BCUT2D eigenvalue weighted by Gasteiger charge is 2.27. The third-order valence-electron chi connectivity index (χ3n) is 4.89. The van der Waals surface area contributed by atoms with Crippen LogP contribution in [0.5, 0.6) is 0 Å². The Hall–Kier alpha value is -2.96. The van der Waals surface area contributed by atoms with E-state index in [1.54, 1.807) is 21.6 Å². The van der Waals surface area contributed by atoms with Crippen molar-refractivity contribution < 1.29 is 14.3 Å². The van der Waals surface area contributed by atoms with Crippen molar-refractivity contribution in [3.05, 3.63) is 39.3 Å². The molecule has 0 saturated carbocycles. The van der Waals surface area contributed by atoms with Crippen LogP contribution in [0.15, 0.2) is 23.6 Å². The average Bonchev–Trinajstić information content (AvgIpc) is 3.38. The van der Waals surface area contributed by atoms with Crippen molar-refractivity contribution in [1.82, 2.24) is 14.9 Å². The van der Waals surface area contributed by atoms with Gasteiger partial charge in [-0.05, 0) is 38.0 Å². The first-order valence-electron chi connectivity index (χ1n) is 9.52. The molecule has 0 aliphatic carbocycles. The van der Waals surface area contributed by atoms with E-state index in [4.69, 9.17) is 11.2 Å². The normalized spacial score (nSPS) is 14.5. The lowest BCUT2D eigenvalue weighted by molar-refractivity contribution is 0.102. The van der Waals surface area contributed by atoms with Gasteiger partial charge in [0.1, 0.15) is 5.69 Å². The number of nitrogens with one attached hydrogen (secondary N) is 1. The minimum Gasteiger partial charge on any atom is -0.436 e. The summed E-state index contributed by atoms with van der Waals surface area (Å²) < 4.78 is 6.07. The van der Waals surface area contributed by atoms with Crippen LogP contribution in [0.3, 0.4) is 0 Å². The number of ether oxygens (including phenoxy) is 1. The summed E-state index contributed by atoms with van der Waals surface area (Å²) in [6.45, 7) is 3.12. The molecule has 1 aromatic carbocycles. The van der Waals surface area contributed by atoms with E-state index < -0.39 is 0 Å². The Kier molecular flexibility index (Phi) is 5.97. The molecule has 9 heteroatoms. The number of terminal acetylenes is 1. The van der Waals surface area contributed by atoms with Crippen LogP contribution >= 0.6 is 22.7 Å². The number of hydrogen-bond acceptors (Lipinski definition) is 7. The smallest absolute Gasteiger partial charge is 0.410 e. The molecule has 2 amide bonds. The molecule has 1 N–H and O–H groups in total. The van der Waals surface area contributed by atoms with Crippen molar-refractivity contribution >= 4 is 50.6 Å². The molecule has 1 aliphatic heterocycles. The van der Waals surface area contributed by atoms with Crippen molar-refractivity contribution in [2.24, 2.45) is 0 Å². The van der Waals surface area contributed by atoms with Gasteiger partial charge in [-0.2, -0.15) is 0 Å². The number of piperidine rings is 1. The third-order valence-corrected chi connectivity index (χ3v) is 6.85. The minimum atomic E-state index is -0.377. The van der Waals surface area contributed by atoms with E-state index >= 15 is 0 Å². The second-order valence-electron chi connectivity index (χ2n) is 6.96. The lowest BCUT2D eigenvalue weighted by atomic mass is 9.98. The first kappa shape index (κ1) is 20.3. The van der Waals surface area contributed by atoms with Gasteiger partial charge in [-0.25, -0.2) is 14.8 Å². The van der Waals surface area contributed by atoms with Crippen LogP contribution < -0.4 is 5.32 Å². The largest absolute Gasteiger partial charge is 0.436 e. The van der Waals surface area contributed by atoms with E-state index in [-0.39, 0.29) is 24.5 Å². The summed E-state index contributed by atoms with van der Waals surface area (Å²) in [6, 6.07) is 5.71. The number of thiazole rings is 2. The van der Waals surface area contributed by atoms with Crippen LogP contribution in [0.2, 0.25) is 0 Å². The van der Waals surface area contributed by atoms with E-state index in [9.17, 15) is 9.59 Å². The molecule has 1 saturated heterocycles. The zero-order valence-electron chi connectivity index (χ0n) is 16.4. The number of likely N-dealkylation sites (tertiary alicyclic amines) is 1. The predicted octanol–water partition coefficient (Wildman–Crippen LogP) is 4.26. The number of carbonyl (C=O) groups excluding carboxylic acids is 2. The Morgan fingerprint density at radius 2 is 2.13 bits per heavy atom. The topological polar surface area (TPSA) is 84.4 Å². The molecule has 1 aliphatic rings. The standard InChI is InChI=1S/C21H20N4O3S2/c1-3-10-28-21(27)25-8-6-14(7-9-25)20-24-17(12-29-20)19(26)23-15-4-5-18-16(11-15)22-13(2)30-18/h1,4-5,11-12,14H,6-10H2,2H3,(H,23,26). The van der Waals surface area contributed by atoms with E-state index in [0.29, 0.717) is 24.5 Å². The summed E-state index contributed by atoms with van der Waals surface area (Å²) in [5.74, 6) is 2.28. The highest BCUT2D eigenvalue weighted by atomic mass is 32.1. The van der Waals surface area contributed by atoms with Gasteiger partial charge in [0.2, 0.25) is 0 Å². The van der Waals surface area contributed by atoms with Gasteiger partial charge in [0.15, 0.2) is 6.61 Å². The molecule has 0 bridgehead atoms. The van der Waals surface area contributed by atoms with Crippen molar-refractivity contribution in [3.63, 3.8) is 0 Å². The van der Waals surface area contributed by atoms with Crippen molar-refractivity contribution in [2.45, 2.75) is 25.7 Å². The van der Waals surface area contributed by atoms with Crippen molar-refractivity contribution in [2.75, 3.05) is 25.0 Å². The fourth-order valence-electron chi connectivity index (χ4n) is 3.40. The number of benzene rings is 1. The molecule has 3 heterocycles. The van der Waals surface area contributed by atoms with E-state index in [1.807, 2.05) is 25.1 Å². The number of hydrogen-bond donors (Lipinski definition) is 1. The van der Waals surface area contributed by atoms with Gasteiger partial charge in [-0.3, -0.25) is 4.79 Å². The van der Waals surface area contributed by atoms with Gasteiger partial charge in [0.25, 0.3) is 5.91 Å². The second-order valence-corrected chi connectivity index (χ2v) is 9.08. The number of amides is 2. The van der Waals surface area contributed by atoms with E-state index in [1.165, 1.54) is 11.3 Å².